The molecule has 3 rings (SSSR count). The van der Waals surface area contributed by atoms with Crippen LogP contribution in [0.5, 0.6) is 0 Å². The molecule has 2 aromatic rings. The molecule has 0 atom stereocenters. The highest BCUT2D eigenvalue weighted by atomic mass is 32.2. The van der Waals surface area contributed by atoms with Gasteiger partial charge < -0.3 is 15.2 Å². The van der Waals surface area contributed by atoms with Crippen molar-refractivity contribution in [2.45, 2.75) is 20.3 Å². The van der Waals surface area contributed by atoms with Gasteiger partial charge in [-0.15, -0.1) is 0 Å². The molecule has 13 heteroatoms. The minimum atomic E-state index is -0.833. The molecule has 1 saturated heterocycles. The first kappa shape index (κ1) is 28.8. The summed E-state index contributed by atoms with van der Waals surface area (Å²) < 4.78 is 18.4. The second-order valence-corrected chi connectivity index (χ2v) is 9.70. The summed E-state index contributed by atoms with van der Waals surface area (Å²) in [5, 5.41) is 10.3. The molecule has 0 unspecified atom stereocenters. The van der Waals surface area contributed by atoms with Gasteiger partial charge in [0.15, 0.2) is 5.13 Å². The van der Waals surface area contributed by atoms with Gasteiger partial charge in [0.25, 0.3) is 11.9 Å². The van der Waals surface area contributed by atoms with Crippen molar-refractivity contribution in [1.29, 1.82) is 0 Å². The van der Waals surface area contributed by atoms with Crippen molar-refractivity contribution in [1.82, 2.24) is 9.88 Å². The molecule has 1 aliphatic rings. The van der Waals surface area contributed by atoms with E-state index in [0.29, 0.717) is 25.4 Å². The van der Waals surface area contributed by atoms with E-state index in [1.165, 1.54) is 23.1 Å². The van der Waals surface area contributed by atoms with Crippen molar-refractivity contribution in [2.24, 2.45) is 0 Å². The second kappa shape index (κ2) is 13.6. The molecule has 0 radical (unpaired) electrons. The summed E-state index contributed by atoms with van der Waals surface area (Å²) in [6.07, 6.45) is 3.08. The van der Waals surface area contributed by atoms with Crippen molar-refractivity contribution in [2.75, 3.05) is 18.5 Å². The van der Waals surface area contributed by atoms with Gasteiger partial charge in [-0.2, -0.15) is 0 Å². The molecule has 1 aromatic heterocycles. The quantitative estimate of drug-likeness (QED) is 0.214. The van der Waals surface area contributed by atoms with Crippen LogP contribution in [0.4, 0.5) is 9.52 Å². The number of aryl methyl sites for hydroxylation is 1. The molecule has 0 aliphatic carbocycles. The van der Waals surface area contributed by atoms with Crippen molar-refractivity contribution >= 4 is 74.6 Å². The number of carbonyl (C=O) groups excluding carboxylic acids is 3. The molecular formula is C23H22FN3O6S3. The van der Waals surface area contributed by atoms with Crippen molar-refractivity contribution in [3.05, 3.63) is 63.8 Å². The lowest BCUT2D eigenvalue weighted by molar-refractivity contribution is -0.134. The predicted molar refractivity (Wildman–Crippen MR) is 140 cm³/mol. The van der Waals surface area contributed by atoms with Crippen molar-refractivity contribution < 1.29 is 33.4 Å². The molecule has 190 valence electrons. The van der Waals surface area contributed by atoms with Crippen LogP contribution in [0.2, 0.25) is 0 Å². The average molecular weight is 552 g/mol. The number of ether oxygens (including phenoxy) is 1. The zero-order valence-electron chi connectivity index (χ0n) is 19.3. The van der Waals surface area contributed by atoms with Crippen LogP contribution in [-0.2, 0) is 19.1 Å². The molecule has 9 nitrogen and oxygen atoms in total. The van der Waals surface area contributed by atoms with Crippen molar-refractivity contribution in [3.63, 3.8) is 0 Å². The van der Waals surface area contributed by atoms with E-state index in [0.717, 1.165) is 30.0 Å². The Morgan fingerprint density at radius 3 is 2.56 bits per heavy atom. The molecule has 2 amide bonds. The number of carboxylic acid groups (broad SMARTS) is 1. The Balaban J connectivity index is 0.00000106. The summed E-state index contributed by atoms with van der Waals surface area (Å²) in [5.74, 6) is -2.42. The smallest absolute Gasteiger partial charge is 0.350 e. The molecule has 0 bridgehead atoms. The Labute approximate surface area is 220 Å². The maximum atomic E-state index is 13.1. The third kappa shape index (κ3) is 8.66. The summed E-state index contributed by atoms with van der Waals surface area (Å²) >= 11 is 7.40. The number of thiazole rings is 1. The lowest BCUT2D eigenvalue weighted by atomic mass is 10.2. The molecule has 1 aromatic carbocycles. The fraction of sp³-hybridized carbons (Fsp3) is 0.217. The van der Waals surface area contributed by atoms with Crippen LogP contribution < -0.4 is 5.32 Å². The zero-order chi connectivity index (χ0) is 26.8. The van der Waals surface area contributed by atoms with E-state index in [1.807, 2.05) is 0 Å². The van der Waals surface area contributed by atoms with E-state index in [1.54, 1.807) is 25.1 Å². The maximum absolute atomic E-state index is 13.1. The van der Waals surface area contributed by atoms with E-state index >= 15 is 0 Å². The summed E-state index contributed by atoms with van der Waals surface area (Å²) in [6, 6.07) is 5.74. The summed E-state index contributed by atoms with van der Waals surface area (Å²) in [7, 11) is 0. The van der Waals surface area contributed by atoms with Gasteiger partial charge in [0.1, 0.15) is 21.6 Å². The monoisotopic (exact) mass is 551 g/mol. The minimum Gasteiger partial charge on any atom is -0.481 e. The van der Waals surface area contributed by atoms with Gasteiger partial charge in [-0.05, 0) is 30.7 Å². The Hall–Kier alpha value is -3.42. The molecule has 36 heavy (non-hydrogen) atoms. The first-order valence-electron chi connectivity index (χ1n) is 10.3. The Morgan fingerprint density at radius 1 is 1.31 bits per heavy atom. The van der Waals surface area contributed by atoms with Crippen LogP contribution in [0.25, 0.3) is 6.08 Å². The number of aromatic nitrogens is 1. The van der Waals surface area contributed by atoms with E-state index in [2.05, 4.69) is 16.9 Å². The van der Waals surface area contributed by atoms with Crippen LogP contribution >= 0.6 is 35.3 Å². The second-order valence-electron chi connectivity index (χ2n) is 7.02. The van der Waals surface area contributed by atoms with E-state index < -0.39 is 11.9 Å². The van der Waals surface area contributed by atoms with Crippen LogP contribution in [0, 0.1) is 12.7 Å². The number of nitrogens with zero attached hydrogens (tertiary/aromatic N) is 2. The van der Waals surface area contributed by atoms with Crippen LogP contribution in [0.1, 0.15) is 34.3 Å². The van der Waals surface area contributed by atoms with E-state index in [4.69, 9.17) is 26.9 Å². The van der Waals surface area contributed by atoms with Gasteiger partial charge in [0, 0.05) is 19.9 Å². The maximum Gasteiger partial charge on any atom is 0.350 e. The average Bonchev–Trinajstić information content (AvgIpc) is 3.30. The summed E-state index contributed by atoms with van der Waals surface area (Å²) in [6.45, 7) is 6.38. The standard InChI is InChI=1S/C21H18FN3O4S3.C2H4O2/c1-3-10-29-19(28)17-12(2)23-20(32-17)24-16(26)8-9-25-18(27)15(31-21(25)30)11-13-4-6-14(22)7-5-13;1-2(3)4/h3-7,11H,1,8-10H2,2H3,(H,23,24,26);1H3,(H,3,4). The summed E-state index contributed by atoms with van der Waals surface area (Å²) in [5.41, 5.74) is 1.12. The fourth-order valence-corrected chi connectivity index (χ4v) is 4.82. The molecule has 1 aliphatic heterocycles. The topological polar surface area (TPSA) is 126 Å². The normalized spacial score (nSPS) is 13.8. The number of hydrogen-bond acceptors (Lipinski definition) is 9. The van der Waals surface area contributed by atoms with Crippen LogP contribution in [0.15, 0.2) is 41.8 Å². The fourth-order valence-electron chi connectivity index (χ4n) is 2.64. The highest BCUT2D eigenvalue weighted by Crippen LogP contribution is 2.32. The Morgan fingerprint density at radius 2 is 1.94 bits per heavy atom. The van der Waals surface area contributed by atoms with Gasteiger partial charge in [0.2, 0.25) is 5.91 Å². The number of thiocarbonyl (C=S) groups is 1. The number of aliphatic carboxylic acids is 1. The third-order valence-electron chi connectivity index (χ3n) is 4.16. The number of halogens is 1. The number of thioether (sulfide) groups is 1. The lowest BCUT2D eigenvalue weighted by Gasteiger charge is -2.13. The van der Waals surface area contributed by atoms with Gasteiger partial charge in [-0.1, -0.05) is 60.1 Å². The number of rotatable bonds is 8. The van der Waals surface area contributed by atoms with Gasteiger partial charge in [-0.3, -0.25) is 19.3 Å². The molecule has 0 saturated carbocycles. The van der Waals surface area contributed by atoms with Gasteiger partial charge >= 0.3 is 5.97 Å². The first-order valence-corrected chi connectivity index (χ1v) is 12.3. The molecular weight excluding hydrogens is 529 g/mol. The van der Waals surface area contributed by atoms with Gasteiger partial charge in [-0.25, -0.2) is 14.2 Å². The number of carbonyl (C=O) groups is 4. The SMILES string of the molecule is C=CCOC(=O)c1sc(NC(=O)CCN2C(=O)C(=Cc3ccc(F)cc3)SC2=S)nc1C.CC(=O)O. The molecule has 0 spiro atoms. The number of hydrogen-bond donors (Lipinski definition) is 2. The highest BCUT2D eigenvalue weighted by molar-refractivity contribution is 8.26. The van der Waals surface area contributed by atoms with E-state index in [-0.39, 0.29) is 42.3 Å². The van der Waals surface area contributed by atoms with Crippen LogP contribution in [0.3, 0.4) is 0 Å². The number of esters is 1. The number of nitrogens with one attached hydrogen (secondary N) is 1. The third-order valence-corrected chi connectivity index (χ3v) is 6.60. The molecule has 1 fully saturated rings. The highest BCUT2D eigenvalue weighted by Gasteiger charge is 2.32. The molecule has 2 heterocycles. The van der Waals surface area contributed by atoms with Gasteiger partial charge in [0.05, 0.1) is 10.6 Å². The number of benzene rings is 1. The predicted octanol–water partition coefficient (Wildman–Crippen LogP) is 4.25. The number of anilines is 1. The Kier molecular flexibility index (Phi) is 10.9. The number of carboxylic acids is 1. The van der Waals surface area contributed by atoms with Crippen molar-refractivity contribution in [3.8, 4) is 0 Å². The zero-order valence-corrected chi connectivity index (χ0v) is 21.7. The molecule has 2 N–H and O–H groups in total. The van der Waals surface area contributed by atoms with E-state index in [9.17, 15) is 18.8 Å². The van der Waals surface area contributed by atoms with Crippen LogP contribution in [-0.4, -0.2) is 56.2 Å². The minimum absolute atomic E-state index is 0.00879. The number of amides is 2. The lowest BCUT2D eigenvalue weighted by Crippen LogP contribution is -2.31. The summed E-state index contributed by atoms with van der Waals surface area (Å²) in [4.78, 5) is 52.2. The Bertz CT molecular complexity index is 1210. The largest absolute Gasteiger partial charge is 0.481 e. The first-order chi connectivity index (χ1) is 17.0.